The molecule has 1 aromatic heterocycles. The van der Waals surface area contributed by atoms with Crippen molar-refractivity contribution in [1.29, 1.82) is 0 Å². The summed E-state index contributed by atoms with van der Waals surface area (Å²) in [5, 5.41) is 3.96. The van der Waals surface area contributed by atoms with Gasteiger partial charge in [0, 0.05) is 11.4 Å². The third kappa shape index (κ3) is 2.87. The fourth-order valence-electron chi connectivity index (χ4n) is 1.91. The van der Waals surface area contributed by atoms with Gasteiger partial charge in [-0.05, 0) is 25.1 Å². The summed E-state index contributed by atoms with van der Waals surface area (Å²) in [4.78, 5) is 23.6. The van der Waals surface area contributed by atoms with Gasteiger partial charge in [0.1, 0.15) is 11.5 Å². The molecule has 116 valence electrons. The zero-order valence-corrected chi connectivity index (χ0v) is 13.5. The molecular formula is C14H13BrFN3O3. The topological polar surface area (TPSA) is 87.2 Å². The van der Waals surface area contributed by atoms with Crippen molar-refractivity contribution in [2.24, 2.45) is 0 Å². The Morgan fingerprint density at radius 1 is 1.45 bits per heavy atom. The first-order valence-corrected chi connectivity index (χ1v) is 7.18. The summed E-state index contributed by atoms with van der Waals surface area (Å²) >= 11 is 3.14. The molecule has 0 spiro atoms. The predicted octanol–water partition coefficient (Wildman–Crippen LogP) is 2.74. The molecule has 2 N–H and O–H groups in total. The molecule has 0 unspecified atom stereocenters. The van der Waals surface area contributed by atoms with Gasteiger partial charge in [-0.1, -0.05) is 15.9 Å². The first-order valence-electron chi connectivity index (χ1n) is 6.38. The second-order valence-electron chi connectivity index (χ2n) is 4.40. The van der Waals surface area contributed by atoms with Gasteiger partial charge in [-0.15, -0.1) is 0 Å². The normalized spacial score (nSPS) is 10.5. The van der Waals surface area contributed by atoms with Gasteiger partial charge in [-0.3, -0.25) is 4.79 Å². The molecular weight excluding hydrogens is 357 g/mol. The molecule has 0 fully saturated rings. The lowest BCUT2D eigenvalue weighted by molar-refractivity contribution is 0.0517. The molecule has 0 radical (unpaired) electrons. The number of rotatable bonds is 4. The molecule has 8 heteroatoms. The van der Waals surface area contributed by atoms with Crippen molar-refractivity contribution in [3.05, 3.63) is 39.9 Å². The van der Waals surface area contributed by atoms with E-state index in [4.69, 9.17) is 10.5 Å². The van der Waals surface area contributed by atoms with Crippen LogP contribution in [-0.4, -0.2) is 28.1 Å². The maximum atomic E-state index is 14.1. The Kier molecular flexibility index (Phi) is 4.60. The number of anilines is 1. The molecule has 1 heterocycles. The Balaban J connectivity index is 2.71. The summed E-state index contributed by atoms with van der Waals surface area (Å²) in [7, 11) is 0. The largest absolute Gasteiger partial charge is 0.461 e. The number of carbonyl (C=O) groups excluding carboxylic acids is 2. The lowest BCUT2D eigenvalue weighted by Gasteiger charge is -2.08. The van der Waals surface area contributed by atoms with Gasteiger partial charge in [0.15, 0.2) is 17.2 Å². The number of halogens is 2. The number of nitrogens with two attached hydrogens (primary N) is 1. The number of nitrogen functional groups attached to an aromatic ring is 1. The third-order valence-electron chi connectivity index (χ3n) is 2.86. The van der Waals surface area contributed by atoms with E-state index in [1.165, 1.54) is 19.1 Å². The number of aromatic nitrogens is 2. The summed E-state index contributed by atoms with van der Waals surface area (Å²) in [6.07, 6.45) is 0. The zero-order valence-electron chi connectivity index (χ0n) is 11.9. The molecule has 22 heavy (non-hydrogen) atoms. The summed E-state index contributed by atoms with van der Waals surface area (Å²) in [6.45, 7) is 3.00. The molecule has 0 aliphatic carbocycles. The quantitative estimate of drug-likeness (QED) is 0.661. The summed E-state index contributed by atoms with van der Waals surface area (Å²) in [6, 6.07) is 4.22. The van der Waals surface area contributed by atoms with E-state index in [1.54, 1.807) is 13.0 Å². The molecule has 0 atom stereocenters. The second-order valence-corrected chi connectivity index (χ2v) is 5.31. The van der Waals surface area contributed by atoms with E-state index < -0.39 is 17.6 Å². The van der Waals surface area contributed by atoms with Crippen LogP contribution in [0.15, 0.2) is 22.7 Å². The van der Waals surface area contributed by atoms with E-state index in [9.17, 15) is 14.0 Å². The van der Waals surface area contributed by atoms with Gasteiger partial charge in [-0.25, -0.2) is 13.9 Å². The summed E-state index contributed by atoms with van der Waals surface area (Å²) in [5.74, 6) is -1.83. The molecule has 1 aromatic carbocycles. The van der Waals surface area contributed by atoms with Gasteiger partial charge in [0.2, 0.25) is 0 Å². The molecule has 0 aliphatic rings. The van der Waals surface area contributed by atoms with Crippen LogP contribution in [0.5, 0.6) is 0 Å². The van der Waals surface area contributed by atoms with Gasteiger partial charge in [0.25, 0.3) is 0 Å². The Morgan fingerprint density at radius 3 is 2.68 bits per heavy atom. The van der Waals surface area contributed by atoms with E-state index in [0.717, 1.165) is 4.68 Å². The van der Waals surface area contributed by atoms with E-state index in [0.29, 0.717) is 4.47 Å². The van der Waals surface area contributed by atoms with Crippen molar-refractivity contribution in [3.8, 4) is 5.69 Å². The number of nitrogens with zero attached hydrogens (tertiary/aromatic N) is 2. The fraction of sp³-hybridized carbons (Fsp3) is 0.214. The van der Waals surface area contributed by atoms with Gasteiger partial charge < -0.3 is 10.5 Å². The Labute approximate surface area is 134 Å². The highest BCUT2D eigenvalue weighted by Gasteiger charge is 2.26. The van der Waals surface area contributed by atoms with Gasteiger partial charge in [-0.2, -0.15) is 5.10 Å². The van der Waals surface area contributed by atoms with Crippen LogP contribution >= 0.6 is 15.9 Å². The van der Waals surface area contributed by atoms with Crippen molar-refractivity contribution in [2.75, 3.05) is 12.3 Å². The maximum absolute atomic E-state index is 14.1. The molecule has 0 amide bonds. The Morgan fingerprint density at radius 2 is 2.14 bits per heavy atom. The molecule has 0 aliphatic heterocycles. The average molecular weight is 370 g/mol. The summed E-state index contributed by atoms with van der Waals surface area (Å²) < 4.78 is 20.6. The Bertz CT molecular complexity index is 758. The van der Waals surface area contributed by atoms with Crippen molar-refractivity contribution >= 4 is 33.4 Å². The number of esters is 1. The van der Waals surface area contributed by atoms with Crippen LogP contribution in [0.25, 0.3) is 5.69 Å². The SMILES string of the molecule is CCOC(=O)c1c(N)c(C(C)=O)nn1-c1ccc(Br)cc1F. The van der Waals surface area contributed by atoms with Crippen molar-refractivity contribution in [1.82, 2.24) is 9.78 Å². The second kappa shape index (κ2) is 6.27. The van der Waals surface area contributed by atoms with E-state index in [2.05, 4.69) is 21.0 Å². The first-order chi connectivity index (χ1) is 10.4. The third-order valence-corrected chi connectivity index (χ3v) is 3.36. The van der Waals surface area contributed by atoms with Crippen LogP contribution < -0.4 is 5.73 Å². The number of hydrogen-bond donors (Lipinski definition) is 1. The Hall–Kier alpha value is -2.22. The van der Waals surface area contributed by atoms with Crippen molar-refractivity contribution in [2.45, 2.75) is 13.8 Å². The number of benzene rings is 1. The highest BCUT2D eigenvalue weighted by Crippen LogP contribution is 2.25. The summed E-state index contributed by atoms with van der Waals surface area (Å²) in [5.41, 5.74) is 5.40. The number of ketones is 1. The van der Waals surface area contributed by atoms with Crippen LogP contribution in [0.4, 0.5) is 10.1 Å². The highest BCUT2D eigenvalue weighted by molar-refractivity contribution is 9.10. The number of ether oxygens (including phenoxy) is 1. The lowest BCUT2D eigenvalue weighted by Crippen LogP contribution is -2.14. The molecule has 6 nitrogen and oxygen atoms in total. The number of carbonyl (C=O) groups is 2. The zero-order chi connectivity index (χ0) is 16.4. The van der Waals surface area contributed by atoms with Crippen molar-refractivity contribution in [3.63, 3.8) is 0 Å². The van der Waals surface area contributed by atoms with E-state index in [1.807, 2.05) is 0 Å². The highest BCUT2D eigenvalue weighted by atomic mass is 79.9. The van der Waals surface area contributed by atoms with Crippen LogP contribution in [0, 0.1) is 5.82 Å². The first kappa shape index (κ1) is 16.2. The molecule has 2 aromatic rings. The monoisotopic (exact) mass is 369 g/mol. The van der Waals surface area contributed by atoms with Crippen LogP contribution in [0.3, 0.4) is 0 Å². The van der Waals surface area contributed by atoms with E-state index >= 15 is 0 Å². The van der Waals surface area contributed by atoms with Crippen LogP contribution in [-0.2, 0) is 4.74 Å². The minimum atomic E-state index is -0.776. The predicted molar refractivity (Wildman–Crippen MR) is 81.6 cm³/mol. The van der Waals surface area contributed by atoms with Crippen LogP contribution in [0.1, 0.15) is 34.8 Å². The van der Waals surface area contributed by atoms with Gasteiger partial charge in [0.05, 0.1) is 12.3 Å². The maximum Gasteiger partial charge on any atom is 0.359 e. The fourth-order valence-corrected chi connectivity index (χ4v) is 2.25. The molecule has 0 saturated carbocycles. The number of hydrogen-bond acceptors (Lipinski definition) is 5. The molecule has 0 bridgehead atoms. The standard InChI is InChI=1S/C14H13BrFN3O3/c1-3-22-14(21)13-11(17)12(7(2)20)18-19(13)10-5-4-8(15)6-9(10)16/h4-6H,3,17H2,1-2H3. The van der Waals surface area contributed by atoms with Crippen LogP contribution in [0.2, 0.25) is 0 Å². The minimum Gasteiger partial charge on any atom is -0.461 e. The van der Waals surface area contributed by atoms with Crippen molar-refractivity contribution < 1.29 is 18.7 Å². The smallest absolute Gasteiger partial charge is 0.359 e. The van der Waals surface area contributed by atoms with Gasteiger partial charge >= 0.3 is 5.97 Å². The lowest BCUT2D eigenvalue weighted by atomic mass is 10.2. The van der Waals surface area contributed by atoms with E-state index in [-0.39, 0.29) is 29.4 Å². The average Bonchev–Trinajstić information content (AvgIpc) is 2.76. The molecule has 2 rings (SSSR count). The number of Topliss-reactive ketones (excluding diaryl/α,β-unsaturated/α-hetero) is 1. The molecule has 0 saturated heterocycles. The minimum absolute atomic E-state index is 0.00884.